The molecule has 26 heavy (non-hydrogen) atoms. The SMILES string of the molecule is CCOC(=O)CCC1CCCCN1OONc1c(C)cc(OC)cc1C. The van der Waals surface area contributed by atoms with E-state index in [1.807, 2.05) is 38.0 Å². The van der Waals surface area contributed by atoms with Crippen LogP contribution in [0.25, 0.3) is 0 Å². The van der Waals surface area contributed by atoms with Crippen LogP contribution in [0.2, 0.25) is 0 Å². The number of methoxy groups -OCH3 is 1. The predicted molar refractivity (Wildman–Crippen MR) is 98.5 cm³/mol. The summed E-state index contributed by atoms with van der Waals surface area (Å²) in [6, 6.07) is 4.01. The van der Waals surface area contributed by atoms with Crippen molar-refractivity contribution < 1.29 is 24.2 Å². The third-order valence-corrected chi connectivity index (χ3v) is 4.58. The number of anilines is 1. The van der Waals surface area contributed by atoms with Crippen LogP contribution in [0.1, 0.15) is 50.2 Å². The fraction of sp³-hybridized carbons (Fsp3) is 0.632. The van der Waals surface area contributed by atoms with Gasteiger partial charge in [0.25, 0.3) is 0 Å². The van der Waals surface area contributed by atoms with E-state index in [0.29, 0.717) is 19.4 Å². The van der Waals surface area contributed by atoms with Crippen molar-refractivity contribution in [1.82, 2.24) is 5.06 Å². The van der Waals surface area contributed by atoms with Crippen molar-refractivity contribution in [2.24, 2.45) is 0 Å². The van der Waals surface area contributed by atoms with Crippen LogP contribution in [0.5, 0.6) is 5.75 Å². The monoisotopic (exact) mass is 366 g/mol. The largest absolute Gasteiger partial charge is 0.497 e. The summed E-state index contributed by atoms with van der Waals surface area (Å²) in [5.74, 6) is 0.642. The van der Waals surface area contributed by atoms with E-state index >= 15 is 0 Å². The first-order valence-corrected chi connectivity index (χ1v) is 9.22. The Hall–Kier alpha value is -1.83. The smallest absolute Gasteiger partial charge is 0.305 e. The highest BCUT2D eigenvalue weighted by atomic mass is 17.3. The molecule has 1 atom stereocenters. The molecule has 1 aliphatic rings. The molecule has 0 amide bonds. The van der Waals surface area contributed by atoms with E-state index in [0.717, 1.165) is 48.4 Å². The maximum atomic E-state index is 11.6. The average Bonchev–Trinajstić information content (AvgIpc) is 2.63. The molecule has 1 fully saturated rings. The standard InChI is InChI=1S/C19H30N2O5/c1-5-24-18(22)10-9-16-8-6-7-11-21(16)26-25-20-19-14(2)12-17(23-4)13-15(19)3/h12-13,16,20H,5-11H2,1-4H3. The van der Waals surface area contributed by atoms with E-state index in [1.165, 1.54) is 0 Å². The minimum absolute atomic E-state index is 0.146. The summed E-state index contributed by atoms with van der Waals surface area (Å²) in [5, 5.41) is 1.81. The highest BCUT2D eigenvalue weighted by Gasteiger charge is 2.25. The Kier molecular flexibility index (Phi) is 8.15. The third-order valence-electron chi connectivity index (χ3n) is 4.58. The molecule has 0 spiro atoms. The molecule has 1 aliphatic heterocycles. The molecule has 2 rings (SSSR count). The number of rotatable bonds is 9. The molecule has 1 unspecified atom stereocenters. The number of hydrogen-bond donors (Lipinski definition) is 1. The van der Waals surface area contributed by atoms with Crippen molar-refractivity contribution >= 4 is 11.7 Å². The van der Waals surface area contributed by atoms with Crippen molar-refractivity contribution in [1.29, 1.82) is 0 Å². The number of ether oxygens (including phenoxy) is 2. The van der Waals surface area contributed by atoms with E-state index in [-0.39, 0.29) is 12.0 Å². The molecule has 0 aromatic heterocycles. The zero-order valence-electron chi connectivity index (χ0n) is 16.2. The number of esters is 1. The number of benzene rings is 1. The molecule has 0 bridgehead atoms. The lowest BCUT2D eigenvalue weighted by Gasteiger charge is -2.32. The Balaban J connectivity index is 1.85. The fourth-order valence-electron chi connectivity index (χ4n) is 3.19. The number of aryl methyl sites for hydroxylation is 2. The minimum atomic E-state index is -0.165. The van der Waals surface area contributed by atoms with E-state index in [2.05, 4.69) is 5.48 Å². The first kappa shape index (κ1) is 20.5. The van der Waals surface area contributed by atoms with Crippen molar-refractivity contribution in [3.63, 3.8) is 0 Å². The molecule has 1 aromatic rings. The van der Waals surface area contributed by atoms with Gasteiger partial charge in [-0.1, -0.05) is 11.4 Å². The van der Waals surface area contributed by atoms with Gasteiger partial charge in [-0.3, -0.25) is 4.79 Å². The summed E-state index contributed by atoms with van der Waals surface area (Å²) in [4.78, 5) is 22.4. The Morgan fingerprint density at radius 1 is 1.27 bits per heavy atom. The van der Waals surface area contributed by atoms with Gasteiger partial charge in [0.1, 0.15) is 5.75 Å². The van der Waals surface area contributed by atoms with Gasteiger partial charge in [-0.05, 0) is 63.3 Å². The summed E-state index contributed by atoms with van der Waals surface area (Å²) in [7, 11) is 1.65. The van der Waals surface area contributed by atoms with Gasteiger partial charge in [0.2, 0.25) is 0 Å². The first-order valence-electron chi connectivity index (χ1n) is 9.22. The highest BCUT2D eigenvalue weighted by Crippen LogP contribution is 2.27. The molecule has 0 radical (unpaired) electrons. The van der Waals surface area contributed by atoms with Crippen molar-refractivity contribution in [3.8, 4) is 5.75 Å². The number of hydrogen-bond acceptors (Lipinski definition) is 7. The Labute approximate surface area is 155 Å². The van der Waals surface area contributed by atoms with Crippen molar-refractivity contribution in [2.75, 3.05) is 25.7 Å². The molecular weight excluding hydrogens is 336 g/mol. The molecule has 7 heteroatoms. The van der Waals surface area contributed by atoms with Gasteiger partial charge in [0, 0.05) is 19.0 Å². The molecule has 1 aromatic carbocycles. The van der Waals surface area contributed by atoms with Crippen LogP contribution in [-0.2, 0) is 19.5 Å². The van der Waals surface area contributed by atoms with Gasteiger partial charge >= 0.3 is 5.97 Å². The third kappa shape index (κ3) is 5.86. The van der Waals surface area contributed by atoms with E-state index in [1.54, 1.807) is 7.11 Å². The average molecular weight is 366 g/mol. The maximum Gasteiger partial charge on any atom is 0.305 e. The fourth-order valence-corrected chi connectivity index (χ4v) is 3.19. The van der Waals surface area contributed by atoms with Crippen LogP contribution in [-0.4, -0.2) is 37.3 Å². The summed E-state index contributed by atoms with van der Waals surface area (Å²) in [6.07, 6.45) is 4.23. The number of hydroxylamine groups is 2. The van der Waals surface area contributed by atoms with Gasteiger partial charge in [-0.2, -0.15) is 5.06 Å². The zero-order valence-corrected chi connectivity index (χ0v) is 16.2. The first-order chi connectivity index (χ1) is 12.5. The number of carbonyl (C=O) groups excluding carboxylic acids is 1. The van der Waals surface area contributed by atoms with E-state index in [4.69, 9.17) is 19.5 Å². The van der Waals surface area contributed by atoms with Gasteiger partial charge < -0.3 is 9.47 Å². The number of nitrogens with zero attached hydrogens (tertiary/aromatic N) is 1. The molecule has 0 saturated carbocycles. The molecule has 146 valence electrons. The molecule has 0 aliphatic carbocycles. The summed E-state index contributed by atoms with van der Waals surface area (Å²) < 4.78 is 10.3. The molecule has 1 N–H and O–H groups in total. The Bertz CT molecular complexity index is 570. The maximum absolute atomic E-state index is 11.6. The van der Waals surface area contributed by atoms with Crippen molar-refractivity contribution in [3.05, 3.63) is 23.3 Å². The lowest BCUT2D eigenvalue weighted by atomic mass is 10.0. The predicted octanol–water partition coefficient (Wildman–Crippen LogP) is 3.70. The molecule has 1 saturated heterocycles. The van der Waals surface area contributed by atoms with E-state index < -0.39 is 0 Å². The Morgan fingerprint density at radius 2 is 2.00 bits per heavy atom. The summed E-state index contributed by atoms with van der Waals surface area (Å²) >= 11 is 0. The van der Waals surface area contributed by atoms with Crippen LogP contribution in [0, 0.1) is 13.8 Å². The molecule has 1 heterocycles. The van der Waals surface area contributed by atoms with Crippen LogP contribution >= 0.6 is 0 Å². The molecule has 7 nitrogen and oxygen atoms in total. The minimum Gasteiger partial charge on any atom is -0.497 e. The second kappa shape index (κ2) is 10.4. The van der Waals surface area contributed by atoms with Gasteiger partial charge in [0.05, 0.1) is 19.4 Å². The second-order valence-electron chi connectivity index (χ2n) is 6.53. The number of piperidine rings is 1. The van der Waals surface area contributed by atoms with Gasteiger partial charge in [-0.25, -0.2) is 5.48 Å². The lowest BCUT2D eigenvalue weighted by molar-refractivity contribution is -0.427. The number of carbonyl (C=O) groups is 1. The Morgan fingerprint density at radius 3 is 2.65 bits per heavy atom. The lowest BCUT2D eigenvalue weighted by Crippen LogP contribution is -2.40. The van der Waals surface area contributed by atoms with E-state index in [9.17, 15) is 4.79 Å². The quantitative estimate of drug-likeness (QED) is 0.406. The normalized spacial score (nSPS) is 17.8. The van der Waals surface area contributed by atoms with Crippen LogP contribution < -0.4 is 10.2 Å². The molecular formula is C19H30N2O5. The zero-order chi connectivity index (χ0) is 18.9. The summed E-state index contributed by atoms with van der Waals surface area (Å²) in [6.45, 7) is 6.96. The second-order valence-corrected chi connectivity index (χ2v) is 6.53. The van der Waals surface area contributed by atoms with Crippen LogP contribution in [0.4, 0.5) is 5.69 Å². The highest BCUT2D eigenvalue weighted by molar-refractivity contribution is 5.69. The van der Waals surface area contributed by atoms with Gasteiger partial charge in [0.15, 0.2) is 0 Å². The summed E-state index contributed by atoms with van der Waals surface area (Å²) in [5.41, 5.74) is 5.73. The van der Waals surface area contributed by atoms with Gasteiger partial charge in [-0.15, -0.1) is 4.99 Å². The van der Waals surface area contributed by atoms with Crippen molar-refractivity contribution in [2.45, 2.75) is 58.9 Å². The number of nitrogens with one attached hydrogen (secondary N) is 1. The van der Waals surface area contributed by atoms with Crippen LogP contribution in [0.15, 0.2) is 12.1 Å². The van der Waals surface area contributed by atoms with Crippen LogP contribution in [0.3, 0.4) is 0 Å². The topological polar surface area (TPSA) is 69.3 Å².